The minimum atomic E-state index is 0. The van der Waals surface area contributed by atoms with Crippen molar-refractivity contribution in [1.29, 1.82) is 0 Å². The molecule has 0 aliphatic heterocycles. The third kappa shape index (κ3) is 21.4. The molecular weight excluding hydrogens is 291 g/mol. The molecule has 0 amide bonds. The van der Waals surface area contributed by atoms with Crippen molar-refractivity contribution in [2.45, 2.75) is 0 Å². The summed E-state index contributed by atoms with van der Waals surface area (Å²) in [6.45, 7) is 0. The average Bonchev–Trinajstić information content (AvgIpc) is 0. The van der Waals surface area contributed by atoms with E-state index in [-0.39, 0.29) is 83.1 Å². The van der Waals surface area contributed by atoms with Crippen molar-refractivity contribution in [3.63, 3.8) is 0 Å². The van der Waals surface area contributed by atoms with Gasteiger partial charge < -0.3 is 0 Å². The van der Waals surface area contributed by atoms with Crippen molar-refractivity contribution in [3.8, 4) is 0 Å². The molecule has 0 unspecified atom stereocenters. The first-order chi connectivity index (χ1) is 0. The fourth-order valence-corrected chi connectivity index (χ4v) is 0. The maximum absolute atomic E-state index is 0. The third-order valence-corrected chi connectivity index (χ3v) is 0. The van der Waals surface area contributed by atoms with E-state index < -0.39 is 0 Å². The first kappa shape index (κ1) is 52.3. The van der Waals surface area contributed by atoms with E-state index in [0.717, 1.165) is 0 Å². The van der Waals surface area contributed by atoms with E-state index in [9.17, 15) is 0 Å². The van der Waals surface area contributed by atoms with Crippen LogP contribution in [0.4, 0.5) is 0 Å². The summed E-state index contributed by atoms with van der Waals surface area (Å²) in [7, 11) is 0. The first-order valence-electron chi connectivity index (χ1n) is 0. The van der Waals surface area contributed by atoms with Gasteiger partial charge in [0.05, 0.1) is 8.41 Å². The molecule has 0 aromatic heterocycles. The van der Waals surface area contributed by atoms with E-state index in [0.29, 0.717) is 0 Å². The monoisotopic (exact) mass is 294 g/mol. The van der Waals surface area contributed by atoms with Crippen LogP contribution in [0.15, 0.2) is 0 Å². The Bertz CT molecular complexity index is 11.6. The van der Waals surface area contributed by atoms with Crippen molar-refractivity contribution < 1.29 is 74.7 Å². The largest absolute Gasteiger partial charge is 0.0814 e. The Hall–Kier alpha value is 2.42. The summed E-state index contributed by atoms with van der Waals surface area (Å²) >= 11 is 0. The van der Waals surface area contributed by atoms with Crippen LogP contribution in [0.5, 0.6) is 0 Å². The molecule has 32 valence electrons. The van der Waals surface area contributed by atoms with Gasteiger partial charge in [0.15, 0.2) is 0 Å². The van der Waals surface area contributed by atoms with Crippen LogP contribution in [-0.4, -0.2) is 8.41 Å². The van der Waals surface area contributed by atoms with E-state index in [2.05, 4.69) is 0 Å². The van der Waals surface area contributed by atoms with E-state index >= 15 is 0 Å². The summed E-state index contributed by atoms with van der Waals surface area (Å²) in [4.78, 5) is 0. The second-order valence-corrected chi connectivity index (χ2v) is 0. The van der Waals surface area contributed by atoms with E-state index in [1.807, 2.05) is 0 Å². The van der Waals surface area contributed by atoms with Gasteiger partial charge in [-0.1, -0.05) is 0 Å². The topological polar surface area (TPSA) is 0 Å². The molecule has 0 N–H and O–H groups in total. The second kappa shape index (κ2) is 32.2. The standard InChI is InChI=1S/BH3.Cu.Mn.Mo.Zn/h1H3;;;;. The molecule has 0 aromatic carbocycles. The molecule has 5 heteroatoms. The van der Waals surface area contributed by atoms with Crippen molar-refractivity contribution >= 4 is 8.41 Å². The zero-order valence-corrected chi connectivity index (χ0v) is 8.89. The van der Waals surface area contributed by atoms with Gasteiger partial charge >= 0.3 is 0 Å². The molecule has 0 rings (SSSR count). The SMILES string of the molecule is B.[Cu].[Mn].[Mo].[Zn]. The van der Waals surface area contributed by atoms with Crippen LogP contribution >= 0.6 is 0 Å². The van der Waals surface area contributed by atoms with E-state index in [1.165, 1.54) is 0 Å². The molecule has 0 aliphatic carbocycles. The van der Waals surface area contributed by atoms with Gasteiger partial charge in [0, 0.05) is 74.7 Å². The number of hydrogen-bond donors (Lipinski definition) is 0. The normalized spacial score (nSPS) is 0. The van der Waals surface area contributed by atoms with Crippen LogP contribution in [0.1, 0.15) is 0 Å². The Morgan fingerprint density at radius 1 is 1.00 bits per heavy atom. The minimum absolute atomic E-state index is 0. The Balaban J connectivity index is 0. The Morgan fingerprint density at radius 2 is 1.00 bits per heavy atom. The molecule has 0 saturated heterocycles. The maximum Gasteiger partial charge on any atom is 0.0814 e. The molecule has 0 bridgehead atoms. The molecule has 0 nitrogen and oxygen atoms in total. The van der Waals surface area contributed by atoms with Crippen LogP contribution in [-0.2, 0) is 74.7 Å². The van der Waals surface area contributed by atoms with E-state index in [1.54, 1.807) is 0 Å². The summed E-state index contributed by atoms with van der Waals surface area (Å²) in [5.41, 5.74) is 0. The van der Waals surface area contributed by atoms with Crippen molar-refractivity contribution in [1.82, 2.24) is 0 Å². The van der Waals surface area contributed by atoms with Crippen molar-refractivity contribution in [2.75, 3.05) is 0 Å². The predicted molar refractivity (Wildman–Crippen MR) is 9.94 cm³/mol. The van der Waals surface area contributed by atoms with Gasteiger partial charge in [-0.25, -0.2) is 0 Å². The minimum Gasteiger partial charge on any atom is 0 e. The van der Waals surface area contributed by atoms with Gasteiger partial charge in [-0.3, -0.25) is 0 Å². The van der Waals surface area contributed by atoms with Crippen LogP contribution in [0.2, 0.25) is 0 Å². The average molecular weight is 294 g/mol. The first-order valence-corrected chi connectivity index (χ1v) is 0. The Kier molecular flexibility index (Phi) is 337. The second-order valence-electron chi connectivity index (χ2n) is 0. The molecule has 2 radical (unpaired) electrons. The molecule has 0 fully saturated rings. The zero-order valence-electron chi connectivity index (χ0n) is 1.79. The predicted octanol–water partition coefficient (Wildman–Crippen LogP) is -1.19. The summed E-state index contributed by atoms with van der Waals surface area (Å²) < 4.78 is 0. The van der Waals surface area contributed by atoms with Crippen LogP contribution < -0.4 is 0 Å². The molecule has 0 saturated carbocycles. The van der Waals surface area contributed by atoms with Crippen LogP contribution in [0, 0.1) is 0 Å². The van der Waals surface area contributed by atoms with Crippen LogP contribution in [0.25, 0.3) is 0 Å². The van der Waals surface area contributed by atoms with Gasteiger partial charge in [-0.2, -0.15) is 0 Å². The van der Waals surface area contributed by atoms with Crippen molar-refractivity contribution in [3.05, 3.63) is 0 Å². The molecule has 0 atom stereocenters. The molecule has 0 aromatic rings. The number of hydrogen-bond acceptors (Lipinski definition) is 0. The Morgan fingerprint density at radius 3 is 1.00 bits per heavy atom. The Labute approximate surface area is 82.2 Å². The maximum atomic E-state index is 0. The van der Waals surface area contributed by atoms with E-state index in [4.69, 9.17) is 0 Å². The molecule has 0 aliphatic rings. The molecule has 0 spiro atoms. The van der Waals surface area contributed by atoms with Gasteiger partial charge in [-0.05, 0) is 0 Å². The summed E-state index contributed by atoms with van der Waals surface area (Å²) in [5.74, 6) is 0. The van der Waals surface area contributed by atoms with Gasteiger partial charge in [0.25, 0.3) is 0 Å². The summed E-state index contributed by atoms with van der Waals surface area (Å²) in [6, 6.07) is 0. The quantitative estimate of drug-likeness (QED) is 0.493. The van der Waals surface area contributed by atoms with Gasteiger partial charge in [-0.15, -0.1) is 0 Å². The zero-order chi connectivity index (χ0) is 0. The fourth-order valence-electron chi connectivity index (χ4n) is 0. The smallest absolute Gasteiger partial charge is 0 e. The third-order valence-electron chi connectivity index (χ3n) is 0. The van der Waals surface area contributed by atoms with Crippen LogP contribution in [0.3, 0.4) is 0 Å². The molecule has 0 heterocycles. The summed E-state index contributed by atoms with van der Waals surface area (Å²) in [6.07, 6.45) is 0. The molecule has 5 heavy (non-hydrogen) atoms. The van der Waals surface area contributed by atoms with Gasteiger partial charge in [0.1, 0.15) is 0 Å². The number of rotatable bonds is 0. The van der Waals surface area contributed by atoms with Gasteiger partial charge in [0.2, 0.25) is 0 Å². The van der Waals surface area contributed by atoms with Crippen molar-refractivity contribution in [2.24, 2.45) is 0 Å². The summed E-state index contributed by atoms with van der Waals surface area (Å²) in [5, 5.41) is 0. The fraction of sp³-hybridized carbons (Fsp3) is 0. The molecular formula is H3BCuMnMoZn.